The van der Waals surface area contributed by atoms with Crippen molar-refractivity contribution in [3.05, 3.63) is 35.4 Å². The summed E-state index contributed by atoms with van der Waals surface area (Å²) >= 11 is 0. The number of carbonyl (C=O) groups is 3. The van der Waals surface area contributed by atoms with Crippen LogP contribution in [0.15, 0.2) is 24.3 Å². The molecule has 1 fully saturated rings. The molecular formula is C24H29N3O6. The Morgan fingerprint density at radius 2 is 1.64 bits per heavy atom. The minimum absolute atomic E-state index is 0.0427. The number of nitrogens with zero attached hydrogens (tertiary/aromatic N) is 2. The zero-order chi connectivity index (χ0) is 25.0. The maximum Gasteiger partial charge on any atom is 0.329 e. The molecule has 0 amide bonds. The van der Waals surface area contributed by atoms with Gasteiger partial charge in [-0.2, -0.15) is 10.5 Å². The van der Waals surface area contributed by atoms with Gasteiger partial charge in [0.2, 0.25) is 0 Å². The number of hydrogen-bond donors (Lipinski definition) is 1. The lowest BCUT2D eigenvalue weighted by molar-refractivity contribution is -0.157. The summed E-state index contributed by atoms with van der Waals surface area (Å²) in [5.74, 6) is -3.77. The summed E-state index contributed by atoms with van der Waals surface area (Å²) in [4.78, 5) is 38.3. The molecule has 0 aliphatic carbocycles. The van der Waals surface area contributed by atoms with E-state index in [0.29, 0.717) is 5.56 Å². The Balaban J connectivity index is 2.83. The molecule has 3 atom stereocenters. The first kappa shape index (κ1) is 25.8. The molecule has 1 aliphatic heterocycles. The summed E-state index contributed by atoms with van der Waals surface area (Å²) in [6.45, 7) is 7.76. The van der Waals surface area contributed by atoms with Gasteiger partial charge in [-0.05, 0) is 23.5 Å². The third-order valence-corrected chi connectivity index (χ3v) is 6.08. The smallest absolute Gasteiger partial charge is 0.329 e. The maximum atomic E-state index is 13.1. The lowest BCUT2D eigenvalue weighted by atomic mass is 9.62. The molecule has 176 valence electrons. The minimum Gasteiger partial charge on any atom is -0.469 e. The summed E-state index contributed by atoms with van der Waals surface area (Å²) in [6, 6.07) is 9.73. The van der Waals surface area contributed by atoms with Crippen molar-refractivity contribution in [2.24, 2.45) is 5.41 Å². The Bertz CT molecular complexity index is 985. The van der Waals surface area contributed by atoms with Crippen LogP contribution in [0.25, 0.3) is 0 Å². The van der Waals surface area contributed by atoms with E-state index in [4.69, 9.17) is 14.2 Å². The molecule has 0 aromatic heterocycles. The number of benzene rings is 1. The van der Waals surface area contributed by atoms with Crippen molar-refractivity contribution in [2.75, 3.05) is 20.8 Å². The standard InChI is InChI=1S/C24H29N3O6/c1-7-33-20(29)19-18(15-8-10-16(11-9-15)22(2,3)4)23(13-25,14-26)24(27-19,21(30)32-6)12-17(28)31-5/h8-11,18-19,27H,7,12H2,1-6H3/t18-,19+,24-/m0/s1. The Morgan fingerprint density at radius 1 is 1.06 bits per heavy atom. The number of methoxy groups -OCH3 is 2. The molecule has 1 heterocycles. The van der Waals surface area contributed by atoms with Gasteiger partial charge in [0.25, 0.3) is 0 Å². The van der Waals surface area contributed by atoms with Gasteiger partial charge in [0.05, 0.1) is 39.4 Å². The molecular weight excluding hydrogens is 426 g/mol. The van der Waals surface area contributed by atoms with E-state index in [-0.39, 0.29) is 12.0 Å². The number of nitriles is 2. The first-order valence-corrected chi connectivity index (χ1v) is 10.5. The normalized spacial score (nSPS) is 23.6. The van der Waals surface area contributed by atoms with Crippen LogP contribution >= 0.6 is 0 Å². The Morgan fingerprint density at radius 3 is 2.06 bits per heavy atom. The number of hydrogen-bond acceptors (Lipinski definition) is 9. The first-order chi connectivity index (χ1) is 15.5. The van der Waals surface area contributed by atoms with Crippen molar-refractivity contribution in [3.63, 3.8) is 0 Å². The van der Waals surface area contributed by atoms with E-state index >= 15 is 0 Å². The molecule has 1 aliphatic rings. The number of carbonyl (C=O) groups excluding carboxylic acids is 3. The van der Waals surface area contributed by atoms with Crippen LogP contribution in [0.3, 0.4) is 0 Å². The second-order valence-corrected chi connectivity index (χ2v) is 8.91. The van der Waals surface area contributed by atoms with Crippen molar-refractivity contribution in [1.82, 2.24) is 5.32 Å². The summed E-state index contributed by atoms with van der Waals surface area (Å²) < 4.78 is 14.8. The first-order valence-electron chi connectivity index (χ1n) is 10.5. The summed E-state index contributed by atoms with van der Waals surface area (Å²) in [7, 11) is 2.20. The largest absolute Gasteiger partial charge is 0.469 e. The molecule has 1 aromatic rings. The quantitative estimate of drug-likeness (QED) is 0.504. The van der Waals surface area contributed by atoms with Gasteiger partial charge in [-0.15, -0.1) is 0 Å². The Labute approximate surface area is 193 Å². The summed E-state index contributed by atoms with van der Waals surface area (Å²) in [5, 5.41) is 23.4. The van der Waals surface area contributed by atoms with Gasteiger partial charge in [0.15, 0.2) is 11.0 Å². The number of esters is 3. The highest BCUT2D eigenvalue weighted by molar-refractivity contribution is 5.93. The van der Waals surface area contributed by atoms with Crippen LogP contribution in [-0.2, 0) is 34.0 Å². The van der Waals surface area contributed by atoms with Gasteiger partial charge < -0.3 is 14.2 Å². The summed E-state index contributed by atoms with van der Waals surface area (Å²) in [6.07, 6.45) is -0.691. The average Bonchev–Trinajstić information content (AvgIpc) is 3.09. The third kappa shape index (κ3) is 4.29. The van der Waals surface area contributed by atoms with Crippen LogP contribution in [0.4, 0.5) is 0 Å². The SMILES string of the molecule is CCOC(=O)[C@@H]1N[C@@](CC(=O)OC)(C(=O)OC)C(C#N)(C#N)[C@H]1c1ccc(C(C)(C)C)cc1. The average molecular weight is 456 g/mol. The fourth-order valence-corrected chi connectivity index (χ4v) is 4.34. The van der Waals surface area contributed by atoms with Gasteiger partial charge in [-0.25, -0.2) is 4.79 Å². The molecule has 1 N–H and O–H groups in total. The number of nitrogens with one attached hydrogen (secondary N) is 1. The molecule has 0 saturated carbocycles. The molecule has 1 saturated heterocycles. The fraction of sp³-hybridized carbons (Fsp3) is 0.542. The van der Waals surface area contributed by atoms with Crippen molar-refractivity contribution in [2.45, 2.75) is 57.0 Å². The molecule has 0 radical (unpaired) electrons. The third-order valence-electron chi connectivity index (χ3n) is 6.08. The molecule has 9 nitrogen and oxygen atoms in total. The predicted octanol–water partition coefficient (Wildman–Crippen LogP) is 2.11. The maximum absolute atomic E-state index is 13.1. The number of ether oxygens (including phenoxy) is 3. The lowest BCUT2D eigenvalue weighted by Gasteiger charge is -2.35. The van der Waals surface area contributed by atoms with Crippen molar-refractivity contribution in [1.29, 1.82) is 10.5 Å². The van der Waals surface area contributed by atoms with Crippen LogP contribution in [0.5, 0.6) is 0 Å². The van der Waals surface area contributed by atoms with Crippen molar-refractivity contribution in [3.8, 4) is 12.1 Å². The van der Waals surface area contributed by atoms with E-state index in [1.54, 1.807) is 19.1 Å². The van der Waals surface area contributed by atoms with E-state index in [1.165, 1.54) is 0 Å². The van der Waals surface area contributed by atoms with Gasteiger partial charge >= 0.3 is 17.9 Å². The second-order valence-electron chi connectivity index (χ2n) is 8.91. The molecule has 33 heavy (non-hydrogen) atoms. The van der Waals surface area contributed by atoms with Crippen LogP contribution in [0.1, 0.15) is 51.2 Å². The van der Waals surface area contributed by atoms with E-state index in [2.05, 4.69) is 5.32 Å². The molecule has 2 rings (SSSR count). The highest BCUT2D eigenvalue weighted by Gasteiger charge is 2.72. The second kappa shape index (κ2) is 9.60. The Kier molecular flexibility index (Phi) is 7.51. The lowest BCUT2D eigenvalue weighted by Crippen LogP contribution is -2.60. The predicted molar refractivity (Wildman–Crippen MR) is 116 cm³/mol. The van der Waals surface area contributed by atoms with Crippen molar-refractivity contribution < 1.29 is 28.6 Å². The van der Waals surface area contributed by atoms with E-state index in [9.17, 15) is 24.9 Å². The zero-order valence-electron chi connectivity index (χ0n) is 19.7. The van der Waals surface area contributed by atoms with Crippen LogP contribution < -0.4 is 5.32 Å². The van der Waals surface area contributed by atoms with E-state index < -0.39 is 47.2 Å². The van der Waals surface area contributed by atoms with Gasteiger partial charge in [-0.1, -0.05) is 45.0 Å². The van der Waals surface area contributed by atoms with Gasteiger partial charge in [0.1, 0.15) is 6.04 Å². The van der Waals surface area contributed by atoms with Gasteiger partial charge in [-0.3, -0.25) is 14.9 Å². The summed E-state index contributed by atoms with van der Waals surface area (Å²) in [5.41, 5.74) is -3.04. The zero-order valence-corrected chi connectivity index (χ0v) is 19.7. The van der Waals surface area contributed by atoms with E-state index in [0.717, 1.165) is 19.8 Å². The van der Waals surface area contributed by atoms with E-state index in [1.807, 2.05) is 45.0 Å². The highest BCUT2D eigenvalue weighted by Crippen LogP contribution is 2.54. The number of rotatable bonds is 6. The molecule has 0 spiro atoms. The fourth-order valence-electron chi connectivity index (χ4n) is 4.34. The molecule has 0 bridgehead atoms. The minimum atomic E-state index is -2.19. The van der Waals surface area contributed by atoms with Gasteiger partial charge in [0, 0.05) is 5.92 Å². The molecule has 9 heteroatoms. The van der Waals surface area contributed by atoms with Crippen molar-refractivity contribution >= 4 is 17.9 Å². The molecule has 0 unspecified atom stereocenters. The highest BCUT2D eigenvalue weighted by atomic mass is 16.5. The molecule has 1 aromatic carbocycles. The monoisotopic (exact) mass is 455 g/mol. The Hall–Kier alpha value is -3.43. The van der Waals surface area contributed by atoms with Crippen LogP contribution in [0.2, 0.25) is 0 Å². The van der Waals surface area contributed by atoms with Crippen LogP contribution in [-0.4, -0.2) is 50.3 Å². The van der Waals surface area contributed by atoms with Crippen LogP contribution in [0, 0.1) is 28.1 Å². The topological polar surface area (TPSA) is 139 Å².